The molecule has 4 heteroatoms. The summed E-state index contributed by atoms with van der Waals surface area (Å²) in [6, 6.07) is 0.428. The molecule has 0 aromatic rings. The van der Waals surface area contributed by atoms with Gasteiger partial charge in [0, 0.05) is 26.2 Å². The number of ether oxygens (including phenoxy) is 1. The van der Waals surface area contributed by atoms with E-state index in [9.17, 15) is 9.90 Å². The van der Waals surface area contributed by atoms with Gasteiger partial charge in [-0.1, -0.05) is 19.3 Å². The zero-order valence-corrected chi connectivity index (χ0v) is 12.2. The Kier molecular flexibility index (Phi) is 4.85. The molecule has 1 heterocycles. The van der Waals surface area contributed by atoms with Gasteiger partial charge in [-0.25, -0.2) is 0 Å². The lowest BCUT2D eigenvalue weighted by Crippen LogP contribution is -2.51. The molecule has 1 aliphatic carbocycles. The Labute approximate surface area is 116 Å². The van der Waals surface area contributed by atoms with E-state index in [0.717, 1.165) is 51.6 Å². The second kappa shape index (κ2) is 6.23. The lowest BCUT2D eigenvalue weighted by molar-refractivity contribution is -0.153. The van der Waals surface area contributed by atoms with Crippen molar-refractivity contribution >= 4 is 5.97 Å². The number of hydrogen-bond acceptors (Lipinski definition) is 3. The van der Waals surface area contributed by atoms with Crippen molar-refractivity contribution in [3.05, 3.63) is 0 Å². The molecule has 110 valence electrons. The van der Waals surface area contributed by atoms with Crippen LogP contribution >= 0.6 is 0 Å². The lowest BCUT2D eigenvalue weighted by atomic mass is 9.73. The van der Waals surface area contributed by atoms with Crippen molar-refractivity contribution in [2.45, 2.75) is 64.0 Å². The minimum atomic E-state index is -0.590. The van der Waals surface area contributed by atoms with Crippen molar-refractivity contribution in [3.63, 3.8) is 0 Å². The van der Waals surface area contributed by atoms with Crippen LogP contribution in [-0.4, -0.2) is 48.3 Å². The summed E-state index contributed by atoms with van der Waals surface area (Å²) in [5.74, 6) is -0.590. The molecule has 2 fully saturated rings. The highest BCUT2D eigenvalue weighted by Gasteiger charge is 2.42. The van der Waals surface area contributed by atoms with Gasteiger partial charge in [-0.05, 0) is 32.6 Å². The van der Waals surface area contributed by atoms with E-state index in [0.29, 0.717) is 12.1 Å². The molecular formula is C15H27NO3. The first-order chi connectivity index (χ1) is 9.07. The topological polar surface area (TPSA) is 49.8 Å². The van der Waals surface area contributed by atoms with Crippen LogP contribution in [0.2, 0.25) is 0 Å². The summed E-state index contributed by atoms with van der Waals surface area (Å²) in [7, 11) is 1.77. The lowest BCUT2D eigenvalue weighted by Gasteiger charge is -2.43. The highest BCUT2D eigenvalue weighted by molar-refractivity contribution is 5.75. The second-order valence-corrected chi connectivity index (χ2v) is 6.35. The summed E-state index contributed by atoms with van der Waals surface area (Å²) < 4.78 is 5.43. The van der Waals surface area contributed by atoms with Crippen LogP contribution in [0.15, 0.2) is 0 Å². The van der Waals surface area contributed by atoms with Gasteiger partial charge >= 0.3 is 5.97 Å². The number of hydrogen-bond donors (Lipinski definition) is 1. The Balaban J connectivity index is 1.99. The van der Waals surface area contributed by atoms with Gasteiger partial charge in [0.2, 0.25) is 0 Å². The summed E-state index contributed by atoms with van der Waals surface area (Å²) in [5.41, 5.74) is -0.494. The maximum absolute atomic E-state index is 11.7. The number of carboxylic acids is 1. The van der Waals surface area contributed by atoms with E-state index in [1.807, 2.05) is 0 Å². The molecule has 2 atom stereocenters. The summed E-state index contributed by atoms with van der Waals surface area (Å²) in [5, 5.41) is 9.65. The van der Waals surface area contributed by atoms with Gasteiger partial charge in [0.1, 0.15) is 0 Å². The fraction of sp³-hybridized carbons (Fsp3) is 0.933. The van der Waals surface area contributed by atoms with Crippen LogP contribution in [0.5, 0.6) is 0 Å². The second-order valence-electron chi connectivity index (χ2n) is 6.35. The number of carboxylic acid groups (broad SMARTS) is 1. The Morgan fingerprint density at radius 3 is 2.58 bits per heavy atom. The standard InChI is InChI=1S/C15H27NO3/c1-12-10-13(19-2)6-9-16(12)11-15(14(17)18)7-4-3-5-8-15/h12-13H,3-11H2,1-2H3,(H,17,18). The van der Waals surface area contributed by atoms with Crippen molar-refractivity contribution in [1.29, 1.82) is 0 Å². The maximum atomic E-state index is 11.7. The molecule has 19 heavy (non-hydrogen) atoms. The normalized spacial score (nSPS) is 32.1. The van der Waals surface area contributed by atoms with Crippen LogP contribution in [0.3, 0.4) is 0 Å². The van der Waals surface area contributed by atoms with E-state index >= 15 is 0 Å². The van der Waals surface area contributed by atoms with Crippen molar-refractivity contribution in [2.24, 2.45) is 5.41 Å². The zero-order valence-electron chi connectivity index (χ0n) is 12.2. The third-order valence-electron chi connectivity index (χ3n) is 5.07. The van der Waals surface area contributed by atoms with Gasteiger partial charge in [0.15, 0.2) is 0 Å². The molecule has 1 aliphatic heterocycles. The van der Waals surface area contributed by atoms with Gasteiger partial charge in [0.05, 0.1) is 11.5 Å². The highest BCUT2D eigenvalue weighted by Crippen LogP contribution is 2.38. The third-order valence-corrected chi connectivity index (χ3v) is 5.07. The van der Waals surface area contributed by atoms with Gasteiger partial charge in [-0.15, -0.1) is 0 Å². The molecule has 0 spiro atoms. The van der Waals surface area contributed by atoms with Crippen molar-refractivity contribution in [2.75, 3.05) is 20.2 Å². The van der Waals surface area contributed by atoms with Crippen LogP contribution in [0.1, 0.15) is 51.9 Å². The van der Waals surface area contributed by atoms with E-state index in [2.05, 4.69) is 11.8 Å². The zero-order chi connectivity index (χ0) is 13.9. The van der Waals surface area contributed by atoms with Crippen LogP contribution in [0, 0.1) is 5.41 Å². The molecule has 0 radical (unpaired) electrons. The SMILES string of the molecule is COC1CCN(CC2(C(=O)O)CCCCC2)C(C)C1. The van der Waals surface area contributed by atoms with Crippen molar-refractivity contribution in [3.8, 4) is 0 Å². The Bertz CT molecular complexity index is 313. The number of carbonyl (C=O) groups is 1. The molecule has 2 aliphatic rings. The minimum absolute atomic E-state index is 0.346. The number of piperidine rings is 1. The molecule has 0 aromatic heterocycles. The summed E-state index contributed by atoms with van der Waals surface area (Å²) in [6.45, 7) is 3.89. The molecule has 2 unspecified atom stereocenters. The molecule has 2 rings (SSSR count). The monoisotopic (exact) mass is 269 g/mol. The van der Waals surface area contributed by atoms with E-state index in [1.165, 1.54) is 6.42 Å². The fourth-order valence-corrected chi connectivity index (χ4v) is 3.68. The van der Waals surface area contributed by atoms with Crippen LogP contribution in [-0.2, 0) is 9.53 Å². The largest absolute Gasteiger partial charge is 0.481 e. The van der Waals surface area contributed by atoms with Gasteiger partial charge < -0.3 is 9.84 Å². The number of nitrogens with zero attached hydrogens (tertiary/aromatic N) is 1. The van der Waals surface area contributed by atoms with E-state index < -0.39 is 11.4 Å². The first-order valence-corrected chi connectivity index (χ1v) is 7.58. The number of aliphatic carboxylic acids is 1. The van der Waals surface area contributed by atoms with Gasteiger partial charge in [-0.2, -0.15) is 0 Å². The molecule has 0 amide bonds. The molecule has 1 saturated carbocycles. The summed E-state index contributed by atoms with van der Waals surface area (Å²) in [4.78, 5) is 14.1. The van der Waals surface area contributed by atoms with Gasteiger partial charge in [0.25, 0.3) is 0 Å². The van der Waals surface area contributed by atoms with E-state index in [-0.39, 0.29) is 0 Å². The molecular weight excluding hydrogens is 242 g/mol. The maximum Gasteiger partial charge on any atom is 0.310 e. The third kappa shape index (κ3) is 3.29. The molecule has 0 aromatic carbocycles. The molecule has 1 N–H and O–H groups in total. The van der Waals surface area contributed by atoms with E-state index in [1.54, 1.807) is 7.11 Å². The smallest absolute Gasteiger partial charge is 0.310 e. The van der Waals surface area contributed by atoms with Crippen LogP contribution in [0.25, 0.3) is 0 Å². The average Bonchev–Trinajstić information content (AvgIpc) is 2.42. The molecule has 4 nitrogen and oxygen atoms in total. The predicted molar refractivity (Wildman–Crippen MR) is 74.2 cm³/mol. The van der Waals surface area contributed by atoms with Crippen molar-refractivity contribution in [1.82, 2.24) is 4.90 Å². The predicted octanol–water partition coefficient (Wildman–Crippen LogP) is 2.52. The van der Waals surface area contributed by atoms with Gasteiger partial charge in [-0.3, -0.25) is 9.69 Å². The molecule has 1 saturated heterocycles. The fourth-order valence-electron chi connectivity index (χ4n) is 3.68. The van der Waals surface area contributed by atoms with Crippen LogP contribution in [0.4, 0.5) is 0 Å². The number of methoxy groups -OCH3 is 1. The minimum Gasteiger partial charge on any atom is -0.481 e. The quantitative estimate of drug-likeness (QED) is 0.852. The first kappa shape index (κ1) is 14.8. The summed E-state index contributed by atoms with van der Waals surface area (Å²) in [6.07, 6.45) is 7.40. The van der Waals surface area contributed by atoms with Crippen molar-refractivity contribution < 1.29 is 14.6 Å². The number of rotatable bonds is 4. The summed E-state index contributed by atoms with van der Waals surface area (Å²) >= 11 is 0. The first-order valence-electron chi connectivity index (χ1n) is 7.58. The van der Waals surface area contributed by atoms with Crippen LogP contribution < -0.4 is 0 Å². The molecule has 0 bridgehead atoms. The Morgan fingerprint density at radius 2 is 2.05 bits per heavy atom. The van der Waals surface area contributed by atoms with E-state index in [4.69, 9.17) is 4.74 Å². The highest BCUT2D eigenvalue weighted by atomic mass is 16.5. The average molecular weight is 269 g/mol. The Hall–Kier alpha value is -0.610. The number of likely N-dealkylation sites (tertiary alicyclic amines) is 1. The Morgan fingerprint density at radius 1 is 1.37 bits per heavy atom.